The fourth-order valence-corrected chi connectivity index (χ4v) is 3.90. The Morgan fingerprint density at radius 1 is 1.28 bits per heavy atom. The van der Waals surface area contributed by atoms with Crippen molar-refractivity contribution in [2.45, 2.75) is 46.8 Å². The number of aromatic nitrogens is 2. The van der Waals surface area contributed by atoms with Crippen LogP contribution in [-0.4, -0.2) is 27.5 Å². The van der Waals surface area contributed by atoms with Gasteiger partial charge in [-0.15, -0.1) is 11.3 Å². The van der Waals surface area contributed by atoms with Crippen molar-refractivity contribution >= 4 is 39.1 Å². The molecule has 0 spiro atoms. The summed E-state index contributed by atoms with van der Waals surface area (Å²) in [5.41, 5.74) is 1.85. The lowest BCUT2D eigenvalue weighted by molar-refractivity contribution is -0.149. The van der Waals surface area contributed by atoms with Crippen LogP contribution in [0.1, 0.15) is 41.1 Å². The number of benzene rings is 1. The maximum atomic E-state index is 12.9. The molecule has 3 aromatic rings. The molecule has 0 bridgehead atoms. The number of amides is 1. The molecule has 152 valence electrons. The van der Waals surface area contributed by atoms with Crippen molar-refractivity contribution in [3.05, 3.63) is 57.0 Å². The van der Waals surface area contributed by atoms with Crippen molar-refractivity contribution in [1.82, 2.24) is 9.55 Å². The number of hydrogen-bond acceptors (Lipinski definition) is 6. The second kappa shape index (κ2) is 8.57. The van der Waals surface area contributed by atoms with Crippen LogP contribution in [0, 0.1) is 13.8 Å². The Morgan fingerprint density at radius 2 is 2.00 bits per heavy atom. The van der Waals surface area contributed by atoms with Gasteiger partial charge in [0.1, 0.15) is 11.4 Å². The van der Waals surface area contributed by atoms with Gasteiger partial charge in [-0.05, 0) is 44.4 Å². The molecule has 0 aliphatic rings. The predicted octanol–water partition coefficient (Wildman–Crippen LogP) is 3.67. The number of thiophene rings is 1. The maximum Gasteiger partial charge on any atom is 0.326 e. The molecule has 2 aromatic heterocycles. The topological polar surface area (TPSA) is 90.3 Å². The highest BCUT2D eigenvalue weighted by Crippen LogP contribution is 2.28. The van der Waals surface area contributed by atoms with Crippen LogP contribution in [0.25, 0.3) is 10.2 Å². The summed E-state index contributed by atoms with van der Waals surface area (Å²) in [6.07, 6.45) is 1.80. The molecule has 0 saturated heterocycles. The summed E-state index contributed by atoms with van der Waals surface area (Å²) in [7, 11) is 0. The second-order valence-corrected chi connectivity index (χ2v) is 7.89. The molecule has 0 aliphatic carbocycles. The highest BCUT2D eigenvalue weighted by Gasteiger charge is 2.21. The third-order valence-corrected chi connectivity index (χ3v) is 5.92. The minimum atomic E-state index is -0.493. The van der Waals surface area contributed by atoms with Gasteiger partial charge in [0.05, 0.1) is 22.7 Å². The van der Waals surface area contributed by atoms with Crippen LogP contribution < -0.4 is 10.9 Å². The van der Waals surface area contributed by atoms with E-state index < -0.39 is 5.97 Å². The van der Waals surface area contributed by atoms with Crippen LogP contribution in [0.15, 0.2) is 35.4 Å². The van der Waals surface area contributed by atoms with E-state index in [2.05, 4.69) is 10.3 Å². The fourth-order valence-electron chi connectivity index (χ4n) is 2.86. The van der Waals surface area contributed by atoms with Crippen LogP contribution >= 0.6 is 11.3 Å². The molecule has 1 N–H and O–H groups in total. The molecule has 7 nitrogen and oxygen atoms in total. The number of nitrogens with one attached hydrogen (secondary N) is 1. The van der Waals surface area contributed by atoms with Crippen LogP contribution in [0.3, 0.4) is 0 Å². The third-order valence-electron chi connectivity index (χ3n) is 4.72. The van der Waals surface area contributed by atoms with Crippen molar-refractivity contribution in [2.24, 2.45) is 0 Å². The smallest absolute Gasteiger partial charge is 0.326 e. The molecule has 1 unspecified atom stereocenters. The normalized spacial score (nSPS) is 12.0. The Hall–Kier alpha value is -3.00. The number of anilines is 1. The number of carbonyl (C=O) groups excluding carboxylic acids is 2. The molecule has 3 rings (SSSR count). The first-order valence-corrected chi connectivity index (χ1v) is 10.2. The van der Waals surface area contributed by atoms with E-state index in [-0.39, 0.29) is 24.1 Å². The summed E-state index contributed by atoms with van der Waals surface area (Å²) in [4.78, 5) is 42.9. The van der Waals surface area contributed by atoms with Gasteiger partial charge in [0.25, 0.3) is 11.5 Å². The van der Waals surface area contributed by atoms with Gasteiger partial charge in [-0.1, -0.05) is 25.1 Å². The summed E-state index contributed by atoms with van der Waals surface area (Å²) in [5, 5.41) is 3.23. The first kappa shape index (κ1) is 20.7. The van der Waals surface area contributed by atoms with E-state index >= 15 is 0 Å². The number of ether oxygens (including phenoxy) is 1. The first-order chi connectivity index (χ1) is 13.8. The zero-order chi connectivity index (χ0) is 21.1. The Morgan fingerprint density at radius 3 is 2.69 bits per heavy atom. The van der Waals surface area contributed by atoms with Gasteiger partial charge in [0, 0.05) is 5.69 Å². The molecule has 1 aromatic carbocycles. The average molecular weight is 413 g/mol. The zero-order valence-corrected chi connectivity index (χ0v) is 17.6. The molecule has 29 heavy (non-hydrogen) atoms. The van der Waals surface area contributed by atoms with E-state index in [1.807, 2.05) is 38.1 Å². The minimum Gasteiger partial charge on any atom is -0.461 e. The molecule has 0 fully saturated rings. The molecule has 2 heterocycles. The van der Waals surface area contributed by atoms with Crippen LogP contribution in [-0.2, 0) is 16.1 Å². The molecular weight excluding hydrogens is 390 g/mol. The van der Waals surface area contributed by atoms with Gasteiger partial charge in [-0.25, -0.2) is 4.98 Å². The summed E-state index contributed by atoms with van der Waals surface area (Å²) in [6, 6.07) is 7.48. The first-order valence-electron chi connectivity index (χ1n) is 9.36. The Kier molecular flexibility index (Phi) is 6.12. The van der Waals surface area contributed by atoms with Crippen molar-refractivity contribution < 1.29 is 14.3 Å². The molecule has 1 amide bonds. The van der Waals surface area contributed by atoms with Gasteiger partial charge in [0.2, 0.25) is 0 Å². The summed E-state index contributed by atoms with van der Waals surface area (Å²) in [6.45, 7) is 7.12. The standard InChI is InChI=1S/C21H23N3O4S/c1-5-13(3)28-16(25)10-24-11-22-20-17(21(24)27)14(4)18(29-20)19(26)23-15-9-7-6-8-12(15)2/h6-9,11,13H,5,10H2,1-4H3,(H,23,26). The number of rotatable bonds is 6. The van der Waals surface area contributed by atoms with E-state index in [4.69, 9.17) is 4.74 Å². The number of para-hydroxylation sites is 1. The number of aryl methyl sites for hydroxylation is 2. The molecular formula is C21H23N3O4S. The van der Waals surface area contributed by atoms with Gasteiger partial charge in [-0.3, -0.25) is 19.0 Å². The van der Waals surface area contributed by atoms with Crippen molar-refractivity contribution in [3.8, 4) is 0 Å². The molecule has 8 heteroatoms. The monoisotopic (exact) mass is 413 g/mol. The number of nitrogens with zero attached hydrogens (tertiary/aromatic N) is 2. The second-order valence-electron chi connectivity index (χ2n) is 6.89. The number of carbonyl (C=O) groups is 2. The maximum absolute atomic E-state index is 12.9. The van der Waals surface area contributed by atoms with Crippen molar-refractivity contribution in [2.75, 3.05) is 5.32 Å². The lowest BCUT2D eigenvalue weighted by Gasteiger charge is -2.11. The fraction of sp³-hybridized carbons (Fsp3) is 0.333. The lowest BCUT2D eigenvalue weighted by Crippen LogP contribution is -2.27. The summed E-state index contributed by atoms with van der Waals surface area (Å²) < 4.78 is 6.45. The van der Waals surface area contributed by atoms with Crippen LogP contribution in [0.2, 0.25) is 0 Å². The quantitative estimate of drug-likeness (QED) is 0.623. The molecule has 0 radical (unpaired) electrons. The van der Waals surface area contributed by atoms with E-state index in [1.165, 1.54) is 10.9 Å². The summed E-state index contributed by atoms with van der Waals surface area (Å²) >= 11 is 1.16. The highest BCUT2D eigenvalue weighted by molar-refractivity contribution is 7.20. The van der Waals surface area contributed by atoms with E-state index in [0.29, 0.717) is 32.8 Å². The van der Waals surface area contributed by atoms with Gasteiger partial charge >= 0.3 is 5.97 Å². The van der Waals surface area contributed by atoms with Crippen LogP contribution in [0.4, 0.5) is 5.69 Å². The minimum absolute atomic E-state index is 0.213. The largest absolute Gasteiger partial charge is 0.461 e. The Labute approximate surface area is 172 Å². The number of hydrogen-bond donors (Lipinski definition) is 1. The van der Waals surface area contributed by atoms with Gasteiger partial charge in [0.15, 0.2) is 0 Å². The average Bonchev–Trinajstić information content (AvgIpc) is 3.03. The highest BCUT2D eigenvalue weighted by atomic mass is 32.1. The number of esters is 1. The lowest BCUT2D eigenvalue weighted by atomic mass is 10.2. The Balaban J connectivity index is 1.90. The molecule has 0 saturated carbocycles. The number of fused-ring (bicyclic) bond motifs is 1. The Bertz CT molecular complexity index is 1130. The zero-order valence-electron chi connectivity index (χ0n) is 16.8. The van der Waals surface area contributed by atoms with Gasteiger partial charge in [-0.2, -0.15) is 0 Å². The van der Waals surface area contributed by atoms with Crippen LogP contribution in [0.5, 0.6) is 0 Å². The predicted molar refractivity (Wildman–Crippen MR) is 114 cm³/mol. The van der Waals surface area contributed by atoms with Crippen molar-refractivity contribution in [3.63, 3.8) is 0 Å². The van der Waals surface area contributed by atoms with Crippen molar-refractivity contribution in [1.29, 1.82) is 0 Å². The molecule has 1 atom stereocenters. The molecule has 0 aliphatic heterocycles. The third kappa shape index (κ3) is 4.37. The van der Waals surface area contributed by atoms with E-state index in [1.54, 1.807) is 13.8 Å². The summed E-state index contributed by atoms with van der Waals surface area (Å²) in [5.74, 6) is -0.782. The van der Waals surface area contributed by atoms with E-state index in [0.717, 1.165) is 16.9 Å². The SMILES string of the molecule is CCC(C)OC(=O)Cn1cnc2sc(C(=O)Nc3ccccc3C)c(C)c2c1=O. The van der Waals surface area contributed by atoms with E-state index in [9.17, 15) is 14.4 Å². The van der Waals surface area contributed by atoms with Gasteiger partial charge < -0.3 is 10.1 Å².